The van der Waals surface area contributed by atoms with Gasteiger partial charge in [0.05, 0.1) is 0 Å². The Kier molecular flexibility index (Phi) is 8.12. The van der Waals surface area contributed by atoms with E-state index < -0.39 is 0 Å². The van der Waals surface area contributed by atoms with Crippen LogP contribution in [0.15, 0.2) is 54.6 Å². The number of anilines is 2. The van der Waals surface area contributed by atoms with Gasteiger partial charge in [-0.3, -0.25) is 4.79 Å². The highest BCUT2D eigenvalue weighted by atomic mass is 32.1. The molecule has 3 aromatic rings. The maximum atomic E-state index is 12.7. The lowest BCUT2D eigenvalue weighted by molar-refractivity contribution is -0.116. The monoisotopic (exact) mass is 437 g/mol. The van der Waals surface area contributed by atoms with E-state index >= 15 is 0 Å². The summed E-state index contributed by atoms with van der Waals surface area (Å²) in [6, 6.07) is 17.3. The summed E-state index contributed by atoms with van der Waals surface area (Å²) in [5.74, 6) is -0.197. The summed E-state index contributed by atoms with van der Waals surface area (Å²) >= 11 is 1.32. The predicted molar refractivity (Wildman–Crippen MR) is 125 cm³/mol. The van der Waals surface area contributed by atoms with Crippen molar-refractivity contribution in [1.82, 2.24) is 15.1 Å². The molecule has 7 nitrogen and oxygen atoms in total. The zero-order valence-corrected chi connectivity index (χ0v) is 18.6. The first-order valence-corrected chi connectivity index (χ1v) is 11.2. The van der Waals surface area contributed by atoms with Crippen LogP contribution in [0.4, 0.5) is 15.6 Å². The Morgan fingerprint density at radius 2 is 1.77 bits per heavy atom. The molecular formula is C23H27N5O2S. The molecule has 0 fully saturated rings. The third-order valence-electron chi connectivity index (χ3n) is 4.67. The highest BCUT2D eigenvalue weighted by molar-refractivity contribution is 7.18. The van der Waals surface area contributed by atoms with E-state index in [-0.39, 0.29) is 18.4 Å². The highest BCUT2D eigenvalue weighted by Crippen LogP contribution is 2.25. The summed E-state index contributed by atoms with van der Waals surface area (Å²) in [5.41, 5.74) is 2.88. The number of urea groups is 1. The number of nitrogens with zero attached hydrogens (tertiary/aromatic N) is 3. The Hall–Kier alpha value is -3.26. The minimum Gasteiger partial charge on any atom is -0.324 e. The number of hydrogen-bond donors (Lipinski definition) is 2. The van der Waals surface area contributed by atoms with Crippen LogP contribution >= 0.6 is 11.3 Å². The van der Waals surface area contributed by atoms with Crippen LogP contribution in [-0.2, 0) is 11.2 Å². The normalized spacial score (nSPS) is 10.5. The number of carbonyl (C=O) groups is 2. The van der Waals surface area contributed by atoms with Gasteiger partial charge in [0.15, 0.2) is 0 Å². The summed E-state index contributed by atoms with van der Waals surface area (Å²) in [4.78, 5) is 26.8. The Balaban J connectivity index is 1.54. The third-order valence-corrected chi connectivity index (χ3v) is 5.56. The third kappa shape index (κ3) is 6.62. The molecule has 0 saturated heterocycles. The quantitative estimate of drug-likeness (QED) is 0.491. The van der Waals surface area contributed by atoms with E-state index in [1.807, 2.05) is 61.5 Å². The second-order valence-electron chi connectivity index (χ2n) is 7.05. The number of benzene rings is 2. The summed E-state index contributed by atoms with van der Waals surface area (Å²) in [6.07, 6.45) is 1.89. The first kappa shape index (κ1) is 22.4. The van der Waals surface area contributed by atoms with Gasteiger partial charge in [-0.2, -0.15) is 0 Å². The van der Waals surface area contributed by atoms with Crippen LogP contribution in [0.1, 0.15) is 32.3 Å². The van der Waals surface area contributed by atoms with E-state index in [1.54, 1.807) is 4.90 Å². The molecule has 1 aromatic heterocycles. The first-order valence-electron chi connectivity index (χ1n) is 10.4. The van der Waals surface area contributed by atoms with Gasteiger partial charge in [-0.15, -0.1) is 10.2 Å². The Morgan fingerprint density at radius 3 is 2.52 bits per heavy atom. The molecule has 3 rings (SSSR count). The largest absolute Gasteiger partial charge is 0.324 e. The summed E-state index contributed by atoms with van der Waals surface area (Å²) in [7, 11) is 0. The molecule has 0 unspecified atom stereocenters. The highest BCUT2D eigenvalue weighted by Gasteiger charge is 2.16. The van der Waals surface area contributed by atoms with Crippen LogP contribution in [0, 0.1) is 0 Å². The van der Waals surface area contributed by atoms with Gasteiger partial charge in [0.1, 0.15) is 5.01 Å². The molecule has 2 aromatic carbocycles. The molecule has 2 N–H and O–H groups in total. The molecule has 31 heavy (non-hydrogen) atoms. The fraction of sp³-hybridized carbons (Fsp3) is 0.304. The average molecular weight is 438 g/mol. The smallest absolute Gasteiger partial charge is 0.321 e. The molecule has 0 saturated carbocycles. The minimum atomic E-state index is -0.204. The van der Waals surface area contributed by atoms with Crippen molar-refractivity contribution in [2.75, 3.05) is 23.7 Å². The Bertz CT molecular complexity index is 1010. The zero-order valence-electron chi connectivity index (χ0n) is 17.8. The molecule has 0 aliphatic carbocycles. The van der Waals surface area contributed by atoms with Gasteiger partial charge in [0.25, 0.3) is 0 Å². The molecule has 1 heterocycles. The lowest BCUT2D eigenvalue weighted by atomic mass is 10.1. The second kappa shape index (κ2) is 11.2. The molecule has 3 amide bonds. The predicted octanol–water partition coefficient (Wildman–Crippen LogP) is 5.04. The van der Waals surface area contributed by atoms with Crippen molar-refractivity contribution in [3.05, 3.63) is 60.2 Å². The number of amides is 3. The Labute approximate surface area is 186 Å². The summed E-state index contributed by atoms with van der Waals surface area (Å²) in [6.45, 7) is 4.97. The van der Waals surface area contributed by atoms with Gasteiger partial charge >= 0.3 is 6.03 Å². The van der Waals surface area contributed by atoms with Crippen LogP contribution in [0.25, 0.3) is 10.6 Å². The molecular weight excluding hydrogens is 410 g/mol. The molecule has 0 spiro atoms. The van der Waals surface area contributed by atoms with E-state index in [4.69, 9.17) is 0 Å². The molecule has 0 radical (unpaired) electrons. The van der Waals surface area contributed by atoms with Crippen molar-refractivity contribution in [2.24, 2.45) is 0 Å². The van der Waals surface area contributed by atoms with Crippen molar-refractivity contribution >= 4 is 34.1 Å². The van der Waals surface area contributed by atoms with Gasteiger partial charge in [0.2, 0.25) is 11.0 Å². The number of aromatic nitrogens is 2. The number of aryl methyl sites for hydroxylation is 1. The summed E-state index contributed by atoms with van der Waals surface area (Å²) in [5, 5.41) is 15.1. The summed E-state index contributed by atoms with van der Waals surface area (Å²) < 4.78 is 0. The van der Waals surface area contributed by atoms with Crippen LogP contribution in [0.5, 0.6) is 0 Å². The van der Waals surface area contributed by atoms with E-state index in [1.165, 1.54) is 11.3 Å². The fourth-order valence-electron chi connectivity index (χ4n) is 3.05. The molecule has 0 aliphatic heterocycles. The second-order valence-corrected chi connectivity index (χ2v) is 8.03. The van der Waals surface area contributed by atoms with Crippen LogP contribution in [0.3, 0.4) is 0 Å². The number of nitrogens with one attached hydrogen (secondary N) is 2. The standard InChI is InChI=1S/C23H27N5O2S/c1-3-14-28(23(30)24-19-12-8-9-17(4-2)16-19)15-13-20(29)25-22-27-26-21(31-22)18-10-6-5-7-11-18/h5-12,16H,3-4,13-15H2,1-2H3,(H,24,30)(H,25,27,29). The van der Waals surface area contributed by atoms with Crippen LogP contribution in [0.2, 0.25) is 0 Å². The molecule has 162 valence electrons. The van der Waals surface area contributed by atoms with E-state index in [0.717, 1.165) is 34.7 Å². The van der Waals surface area contributed by atoms with Gasteiger partial charge in [-0.05, 0) is 30.5 Å². The van der Waals surface area contributed by atoms with Crippen molar-refractivity contribution in [2.45, 2.75) is 33.1 Å². The molecule has 0 aliphatic rings. The lowest BCUT2D eigenvalue weighted by Crippen LogP contribution is -2.37. The zero-order chi connectivity index (χ0) is 22.1. The topological polar surface area (TPSA) is 87.2 Å². The van der Waals surface area contributed by atoms with E-state index in [0.29, 0.717) is 18.2 Å². The van der Waals surface area contributed by atoms with Gasteiger partial charge < -0.3 is 15.5 Å². The number of rotatable bonds is 9. The lowest BCUT2D eigenvalue weighted by Gasteiger charge is -2.22. The van der Waals surface area contributed by atoms with Gasteiger partial charge in [0, 0.05) is 30.8 Å². The van der Waals surface area contributed by atoms with Crippen molar-refractivity contribution in [1.29, 1.82) is 0 Å². The van der Waals surface area contributed by atoms with Crippen molar-refractivity contribution in [3.8, 4) is 10.6 Å². The molecule has 8 heteroatoms. The Morgan fingerprint density at radius 1 is 0.968 bits per heavy atom. The van der Waals surface area contributed by atoms with Gasteiger partial charge in [-0.1, -0.05) is 67.6 Å². The maximum Gasteiger partial charge on any atom is 0.321 e. The first-order chi connectivity index (χ1) is 15.1. The molecule has 0 bridgehead atoms. The maximum absolute atomic E-state index is 12.7. The van der Waals surface area contributed by atoms with Crippen molar-refractivity contribution < 1.29 is 9.59 Å². The van der Waals surface area contributed by atoms with Gasteiger partial charge in [-0.25, -0.2) is 4.79 Å². The van der Waals surface area contributed by atoms with E-state index in [2.05, 4.69) is 27.8 Å². The van der Waals surface area contributed by atoms with E-state index in [9.17, 15) is 9.59 Å². The minimum absolute atomic E-state index is 0.183. The number of carbonyl (C=O) groups excluding carboxylic acids is 2. The number of hydrogen-bond acceptors (Lipinski definition) is 5. The fourth-order valence-corrected chi connectivity index (χ4v) is 3.81. The van der Waals surface area contributed by atoms with Crippen molar-refractivity contribution in [3.63, 3.8) is 0 Å². The molecule has 0 atom stereocenters. The van der Waals surface area contributed by atoms with Crippen LogP contribution < -0.4 is 10.6 Å². The average Bonchev–Trinajstić information content (AvgIpc) is 3.25. The van der Waals surface area contributed by atoms with Crippen LogP contribution in [-0.4, -0.2) is 40.1 Å². The SMILES string of the molecule is CCCN(CCC(=O)Nc1nnc(-c2ccccc2)s1)C(=O)Nc1cccc(CC)c1.